The zero-order valence-electron chi connectivity index (χ0n) is 23.3. The molecule has 0 aromatic rings. The Bertz CT molecular complexity index is 1110. The van der Waals surface area contributed by atoms with E-state index < -0.39 is 34.6 Å². The van der Waals surface area contributed by atoms with Gasteiger partial charge in [0.05, 0.1) is 17.6 Å². The number of epoxide rings is 1. The zero-order chi connectivity index (χ0) is 27.2. The highest BCUT2D eigenvalue weighted by Gasteiger charge is 2.79. The first-order chi connectivity index (χ1) is 17.7. The standard InChI is InChI=1S/C30H42O8/c1-14(19-12-27(4)29(6,38-27)25(34)36-19)17-11-18(35-15(2)31)24-23-16(9-10-26(17,24)3)28(5)21(32)7-8-22(33)30(28)13-20(23)37-30/h7-8,14,16-20,22-25,33-34H,9-13H2,1-6H3/t14-,16?,17?,18+,19+,20?,22?,23?,24?,25+,26?,27-,28?,29+,30?/m0/s1. The molecule has 4 heterocycles. The summed E-state index contributed by atoms with van der Waals surface area (Å²) in [7, 11) is 0. The molecule has 0 radical (unpaired) electrons. The van der Waals surface area contributed by atoms with Gasteiger partial charge in [0.2, 0.25) is 0 Å². The summed E-state index contributed by atoms with van der Waals surface area (Å²) in [5.41, 5.74) is -2.85. The summed E-state index contributed by atoms with van der Waals surface area (Å²) in [5, 5.41) is 21.7. The van der Waals surface area contributed by atoms with Gasteiger partial charge >= 0.3 is 5.97 Å². The lowest BCUT2D eigenvalue weighted by Crippen LogP contribution is -2.80. The van der Waals surface area contributed by atoms with Gasteiger partial charge in [0.25, 0.3) is 0 Å². The molecule has 8 rings (SSSR count). The van der Waals surface area contributed by atoms with Crippen molar-refractivity contribution < 1.29 is 38.7 Å². The molecule has 2 bridgehead atoms. The third kappa shape index (κ3) is 2.79. The van der Waals surface area contributed by atoms with Gasteiger partial charge in [-0.05, 0) is 81.3 Å². The zero-order valence-corrected chi connectivity index (χ0v) is 23.3. The van der Waals surface area contributed by atoms with Gasteiger partial charge in [-0.1, -0.05) is 13.8 Å². The predicted molar refractivity (Wildman–Crippen MR) is 135 cm³/mol. The molecule has 8 heteroatoms. The van der Waals surface area contributed by atoms with Crippen LogP contribution in [0.3, 0.4) is 0 Å². The highest BCUT2D eigenvalue weighted by atomic mass is 16.7. The maximum absolute atomic E-state index is 13.5. The van der Waals surface area contributed by atoms with Gasteiger partial charge in [-0.15, -0.1) is 0 Å². The van der Waals surface area contributed by atoms with Gasteiger partial charge in [-0.2, -0.15) is 0 Å². The minimum atomic E-state index is -0.967. The maximum atomic E-state index is 13.5. The molecule has 7 fully saturated rings. The van der Waals surface area contributed by atoms with Gasteiger partial charge in [0, 0.05) is 25.7 Å². The van der Waals surface area contributed by atoms with E-state index in [1.54, 1.807) is 12.2 Å². The van der Waals surface area contributed by atoms with Crippen molar-refractivity contribution in [3.63, 3.8) is 0 Å². The van der Waals surface area contributed by atoms with Gasteiger partial charge < -0.3 is 29.2 Å². The molecule has 8 nitrogen and oxygen atoms in total. The third-order valence-corrected chi connectivity index (χ3v) is 13.1. The van der Waals surface area contributed by atoms with Crippen molar-refractivity contribution in [2.24, 2.45) is 40.4 Å². The quantitative estimate of drug-likeness (QED) is 0.423. The van der Waals surface area contributed by atoms with E-state index in [4.69, 9.17) is 18.9 Å². The highest BCUT2D eigenvalue weighted by molar-refractivity contribution is 5.97. The summed E-state index contributed by atoms with van der Waals surface area (Å²) in [6.07, 6.45) is 4.73. The summed E-state index contributed by atoms with van der Waals surface area (Å²) in [4.78, 5) is 25.8. The fourth-order valence-electron chi connectivity index (χ4n) is 10.7. The van der Waals surface area contributed by atoms with E-state index >= 15 is 0 Å². The summed E-state index contributed by atoms with van der Waals surface area (Å²) in [6.45, 7) is 12.0. The van der Waals surface area contributed by atoms with E-state index in [0.29, 0.717) is 12.8 Å². The molecule has 8 aliphatic rings. The number of aliphatic hydroxyl groups is 2. The Balaban J connectivity index is 1.24. The number of ketones is 1. The summed E-state index contributed by atoms with van der Waals surface area (Å²) < 4.78 is 24.8. The first-order valence-electron chi connectivity index (χ1n) is 14.5. The van der Waals surface area contributed by atoms with E-state index in [2.05, 4.69) is 20.8 Å². The highest BCUT2D eigenvalue weighted by Crippen LogP contribution is 2.73. The molecular weight excluding hydrogens is 488 g/mol. The van der Waals surface area contributed by atoms with Gasteiger partial charge in [0.1, 0.15) is 29.0 Å². The average Bonchev–Trinajstić information content (AvgIpc) is 3.27. The Hall–Kier alpha value is -1.32. The Morgan fingerprint density at radius 1 is 1.18 bits per heavy atom. The van der Waals surface area contributed by atoms with Crippen LogP contribution in [-0.4, -0.2) is 69.5 Å². The summed E-state index contributed by atoms with van der Waals surface area (Å²) >= 11 is 0. The molecule has 3 saturated carbocycles. The van der Waals surface area contributed by atoms with Crippen molar-refractivity contribution in [2.45, 2.75) is 121 Å². The minimum Gasteiger partial charge on any atom is -0.462 e. The number of fused-ring (bicyclic) bond motifs is 2. The van der Waals surface area contributed by atoms with E-state index in [0.717, 1.165) is 19.3 Å². The lowest BCUT2D eigenvalue weighted by molar-refractivity contribution is -0.370. The molecule has 38 heavy (non-hydrogen) atoms. The van der Waals surface area contributed by atoms with E-state index in [9.17, 15) is 19.8 Å². The first kappa shape index (κ1) is 25.6. The molecule has 15 atom stereocenters. The van der Waals surface area contributed by atoms with Gasteiger partial charge in [0.15, 0.2) is 12.1 Å². The topological polar surface area (TPSA) is 115 Å². The van der Waals surface area contributed by atoms with Crippen LogP contribution in [0.25, 0.3) is 0 Å². The third-order valence-electron chi connectivity index (χ3n) is 13.1. The first-order valence-corrected chi connectivity index (χ1v) is 14.5. The van der Waals surface area contributed by atoms with Crippen molar-refractivity contribution in [1.82, 2.24) is 0 Å². The van der Waals surface area contributed by atoms with Crippen molar-refractivity contribution in [1.29, 1.82) is 0 Å². The van der Waals surface area contributed by atoms with Crippen molar-refractivity contribution in [3.8, 4) is 0 Å². The normalized spacial score (nSPS) is 60.5. The Morgan fingerprint density at radius 2 is 1.89 bits per heavy atom. The Labute approximate surface area is 224 Å². The van der Waals surface area contributed by atoms with Crippen molar-refractivity contribution in [2.75, 3.05) is 0 Å². The number of hydrogen-bond donors (Lipinski definition) is 2. The Kier molecular flexibility index (Phi) is 5.05. The lowest BCUT2D eigenvalue weighted by atomic mass is 9.40. The maximum Gasteiger partial charge on any atom is 0.302 e. The molecule has 0 aromatic carbocycles. The molecule has 4 saturated heterocycles. The number of esters is 1. The van der Waals surface area contributed by atoms with E-state index in [1.165, 1.54) is 6.92 Å². The SMILES string of the molecule is CC(=O)O[C@@H]1CC([C@H](C)[C@H]2C[C@]3(C)O[C@]3(C)[C@H](O)O2)C2(C)CCC3C(C4CC5(O4)C(O)C=CC(=O)C35C)C12. The second kappa shape index (κ2) is 7.49. The molecule has 4 aliphatic carbocycles. The monoisotopic (exact) mass is 530 g/mol. The lowest BCUT2D eigenvalue weighted by Gasteiger charge is -2.72. The summed E-state index contributed by atoms with van der Waals surface area (Å²) in [6, 6.07) is 0. The number of carbonyl (C=O) groups is 2. The average molecular weight is 531 g/mol. The number of hydrogen-bond acceptors (Lipinski definition) is 8. The molecule has 210 valence electrons. The number of carbonyl (C=O) groups excluding carboxylic acids is 2. The van der Waals surface area contributed by atoms with Crippen LogP contribution in [-0.2, 0) is 28.5 Å². The van der Waals surface area contributed by atoms with Crippen LogP contribution >= 0.6 is 0 Å². The molecule has 0 amide bonds. The van der Waals surface area contributed by atoms with Crippen LogP contribution in [0.15, 0.2) is 12.2 Å². The smallest absolute Gasteiger partial charge is 0.302 e. The van der Waals surface area contributed by atoms with Crippen molar-refractivity contribution >= 4 is 11.8 Å². The van der Waals surface area contributed by atoms with E-state index in [-0.39, 0.29) is 65.1 Å². The fraction of sp³-hybridized carbons (Fsp3) is 0.867. The van der Waals surface area contributed by atoms with Crippen LogP contribution in [0, 0.1) is 40.4 Å². The predicted octanol–water partition coefficient (Wildman–Crippen LogP) is 2.93. The number of allylic oxidation sites excluding steroid dienone is 1. The van der Waals surface area contributed by atoms with Crippen molar-refractivity contribution in [3.05, 3.63) is 12.2 Å². The summed E-state index contributed by atoms with van der Waals surface area (Å²) in [5.74, 6) is 0.229. The molecule has 2 N–H and O–H groups in total. The fourth-order valence-corrected chi connectivity index (χ4v) is 10.7. The molecule has 1 spiro atoms. The second-order valence-corrected chi connectivity index (χ2v) is 14.4. The van der Waals surface area contributed by atoms with Crippen LogP contribution < -0.4 is 0 Å². The number of ether oxygens (including phenoxy) is 4. The van der Waals surface area contributed by atoms with Gasteiger partial charge in [-0.25, -0.2) is 0 Å². The van der Waals surface area contributed by atoms with E-state index in [1.807, 2.05) is 13.8 Å². The molecule has 0 aromatic heterocycles. The largest absolute Gasteiger partial charge is 0.462 e. The Morgan fingerprint density at radius 3 is 2.55 bits per heavy atom. The van der Waals surface area contributed by atoms with Crippen LogP contribution in [0.4, 0.5) is 0 Å². The van der Waals surface area contributed by atoms with Crippen LogP contribution in [0.1, 0.15) is 73.6 Å². The molecule has 4 aliphatic heterocycles. The number of rotatable bonds is 3. The van der Waals surface area contributed by atoms with Crippen LogP contribution in [0.2, 0.25) is 0 Å². The number of aliphatic hydroxyl groups excluding tert-OH is 2. The van der Waals surface area contributed by atoms with Gasteiger partial charge in [-0.3, -0.25) is 9.59 Å². The van der Waals surface area contributed by atoms with Crippen LogP contribution in [0.5, 0.6) is 0 Å². The molecular formula is C30H42O8. The minimum absolute atomic E-state index is 0.0387. The molecule has 9 unspecified atom stereocenters. The second-order valence-electron chi connectivity index (χ2n) is 14.4.